The molecule has 1 aliphatic heterocycles. The van der Waals surface area contributed by atoms with Crippen molar-refractivity contribution < 1.29 is 24.5 Å². The number of likely N-dealkylation sites (N-methyl/N-ethyl adjacent to an activating group) is 1. The number of benzene rings is 3. The maximum atomic E-state index is 11.9. The van der Waals surface area contributed by atoms with Crippen LogP contribution in [-0.2, 0) is 16.1 Å². The zero-order chi connectivity index (χ0) is 28.6. The third-order valence-electron chi connectivity index (χ3n) is 7.66. The standard InChI is InChI=1S/C32H41N3O5/c1-5-33-32(38)34-27-17-15-26(16-18-27)31-39-28(19-35(4)22(3)29(37)24-9-7-6-8-10-24)21(2)30(40-31)25-13-11-23(20-36)12-14-25/h6-18,21-22,28-31,36-37H,5,19-20H2,1-4H3,(H2,33,34,38)/t21-,22+,28+,29+,30+,31+/m1/s1. The SMILES string of the molecule is CCNC(=O)Nc1ccc([C@H]2O[C@@H](CN(C)[C@@H](C)[C@H](O)c3ccccc3)[C@@H](C)[C@@H](c3ccc(CO)cc3)O2)cc1. The minimum Gasteiger partial charge on any atom is -0.392 e. The van der Waals surface area contributed by atoms with Gasteiger partial charge in [0.2, 0.25) is 0 Å². The molecule has 3 aromatic carbocycles. The number of rotatable bonds is 10. The Labute approximate surface area is 236 Å². The largest absolute Gasteiger partial charge is 0.392 e. The highest BCUT2D eigenvalue weighted by Gasteiger charge is 2.39. The molecule has 0 bridgehead atoms. The van der Waals surface area contributed by atoms with E-state index in [0.717, 1.165) is 22.3 Å². The Morgan fingerprint density at radius 3 is 2.25 bits per heavy atom. The molecule has 1 fully saturated rings. The third-order valence-corrected chi connectivity index (χ3v) is 7.66. The van der Waals surface area contributed by atoms with Gasteiger partial charge in [0.15, 0.2) is 6.29 Å². The summed E-state index contributed by atoms with van der Waals surface area (Å²) >= 11 is 0. The molecule has 8 heteroatoms. The quantitative estimate of drug-likeness (QED) is 0.279. The minimum atomic E-state index is -0.635. The monoisotopic (exact) mass is 547 g/mol. The predicted molar refractivity (Wildman–Crippen MR) is 156 cm³/mol. The van der Waals surface area contributed by atoms with E-state index in [1.165, 1.54) is 0 Å². The summed E-state index contributed by atoms with van der Waals surface area (Å²) < 4.78 is 13.1. The van der Waals surface area contributed by atoms with E-state index in [0.29, 0.717) is 18.8 Å². The maximum absolute atomic E-state index is 11.9. The summed E-state index contributed by atoms with van der Waals surface area (Å²) in [6.07, 6.45) is -1.69. The second-order valence-electron chi connectivity index (χ2n) is 10.5. The Morgan fingerprint density at radius 1 is 0.975 bits per heavy atom. The van der Waals surface area contributed by atoms with Crippen molar-refractivity contribution in [2.75, 3.05) is 25.5 Å². The number of anilines is 1. The molecule has 6 atom stereocenters. The van der Waals surface area contributed by atoms with Crippen molar-refractivity contribution in [3.63, 3.8) is 0 Å². The van der Waals surface area contributed by atoms with Gasteiger partial charge in [0.05, 0.1) is 24.9 Å². The van der Waals surface area contributed by atoms with Crippen LogP contribution in [0.5, 0.6) is 0 Å². The summed E-state index contributed by atoms with van der Waals surface area (Å²) in [7, 11) is 2.00. The van der Waals surface area contributed by atoms with Crippen molar-refractivity contribution in [2.24, 2.45) is 5.92 Å². The first-order valence-electron chi connectivity index (χ1n) is 13.9. The van der Waals surface area contributed by atoms with Gasteiger partial charge in [-0.05, 0) is 49.7 Å². The van der Waals surface area contributed by atoms with Crippen LogP contribution in [0.3, 0.4) is 0 Å². The van der Waals surface area contributed by atoms with E-state index in [2.05, 4.69) is 22.5 Å². The number of hydrogen-bond acceptors (Lipinski definition) is 6. The lowest BCUT2D eigenvalue weighted by molar-refractivity contribution is -0.276. The first-order chi connectivity index (χ1) is 19.3. The second-order valence-corrected chi connectivity index (χ2v) is 10.5. The van der Waals surface area contributed by atoms with Crippen molar-refractivity contribution in [3.05, 3.63) is 101 Å². The van der Waals surface area contributed by atoms with Gasteiger partial charge in [-0.15, -0.1) is 0 Å². The molecule has 214 valence electrons. The van der Waals surface area contributed by atoms with E-state index in [9.17, 15) is 15.0 Å². The van der Waals surface area contributed by atoms with E-state index in [-0.39, 0.29) is 36.8 Å². The van der Waals surface area contributed by atoms with Crippen molar-refractivity contribution in [1.82, 2.24) is 10.2 Å². The summed E-state index contributed by atoms with van der Waals surface area (Å²) in [6.45, 7) is 7.13. The smallest absolute Gasteiger partial charge is 0.319 e. The number of carbonyl (C=O) groups excluding carboxylic acids is 1. The van der Waals surface area contributed by atoms with Crippen LogP contribution in [0, 0.1) is 5.92 Å². The van der Waals surface area contributed by atoms with Crippen molar-refractivity contribution in [3.8, 4) is 0 Å². The fourth-order valence-corrected chi connectivity index (χ4v) is 5.01. The molecule has 3 aromatic rings. The molecule has 40 heavy (non-hydrogen) atoms. The van der Waals surface area contributed by atoms with Gasteiger partial charge in [-0.1, -0.05) is 73.7 Å². The molecule has 1 saturated heterocycles. The average Bonchev–Trinajstić information content (AvgIpc) is 2.98. The summed E-state index contributed by atoms with van der Waals surface area (Å²) in [4.78, 5) is 14.0. The van der Waals surface area contributed by atoms with Crippen LogP contribution in [0.4, 0.5) is 10.5 Å². The van der Waals surface area contributed by atoms with Crippen molar-refractivity contribution in [2.45, 2.75) is 58.0 Å². The fourth-order valence-electron chi connectivity index (χ4n) is 5.01. The number of hydrogen-bond donors (Lipinski definition) is 4. The molecule has 0 aliphatic carbocycles. The normalized spacial score (nSPS) is 22.5. The number of amides is 2. The molecule has 2 amide bonds. The number of aliphatic hydroxyl groups is 2. The van der Waals surface area contributed by atoms with Gasteiger partial charge >= 0.3 is 6.03 Å². The molecular weight excluding hydrogens is 506 g/mol. The van der Waals surface area contributed by atoms with Crippen LogP contribution in [0.1, 0.15) is 61.5 Å². The van der Waals surface area contributed by atoms with Gasteiger partial charge in [-0.2, -0.15) is 0 Å². The van der Waals surface area contributed by atoms with E-state index >= 15 is 0 Å². The Morgan fingerprint density at radius 2 is 1.62 bits per heavy atom. The molecule has 1 heterocycles. The second kappa shape index (κ2) is 13.9. The van der Waals surface area contributed by atoms with Crippen molar-refractivity contribution in [1.29, 1.82) is 0 Å². The Bertz CT molecular complexity index is 1210. The van der Waals surface area contributed by atoms with Crippen LogP contribution in [-0.4, -0.2) is 53.4 Å². The zero-order valence-electron chi connectivity index (χ0n) is 23.7. The van der Waals surface area contributed by atoms with Crippen LogP contribution in [0.2, 0.25) is 0 Å². The summed E-state index contributed by atoms with van der Waals surface area (Å²) in [5.41, 5.74) is 4.25. The molecule has 1 aliphatic rings. The predicted octanol–water partition coefficient (Wildman–Crippen LogP) is 5.17. The molecule has 0 aromatic heterocycles. The average molecular weight is 548 g/mol. The molecule has 4 rings (SSSR count). The number of urea groups is 1. The molecule has 0 saturated carbocycles. The molecule has 0 radical (unpaired) electrons. The van der Waals surface area contributed by atoms with Crippen LogP contribution in [0.15, 0.2) is 78.9 Å². The van der Waals surface area contributed by atoms with Gasteiger partial charge in [0.1, 0.15) is 0 Å². The first-order valence-corrected chi connectivity index (χ1v) is 13.9. The lowest BCUT2D eigenvalue weighted by Gasteiger charge is -2.43. The Balaban J connectivity index is 1.55. The molecular formula is C32H41N3O5. The Kier molecular flexibility index (Phi) is 10.3. The zero-order valence-corrected chi connectivity index (χ0v) is 23.7. The van der Waals surface area contributed by atoms with Gasteiger partial charge in [-0.3, -0.25) is 4.90 Å². The number of ether oxygens (including phenoxy) is 2. The van der Waals surface area contributed by atoms with E-state index in [1.807, 2.05) is 99.8 Å². The minimum absolute atomic E-state index is 0.0124. The molecule has 4 N–H and O–H groups in total. The Hall–Kier alpha value is -3.27. The van der Waals surface area contributed by atoms with E-state index in [4.69, 9.17) is 9.47 Å². The lowest BCUT2D eigenvalue weighted by atomic mass is 9.89. The van der Waals surface area contributed by atoms with Crippen LogP contribution >= 0.6 is 0 Å². The lowest BCUT2D eigenvalue weighted by Crippen LogP contribution is -2.46. The maximum Gasteiger partial charge on any atom is 0.319 e. The van der Waals surface area contributed by atoms with E-state index in [1.54, 1.807) is 0 Å². The van der Waals surface area contributed by atoms with E-state index < -0.39 is 12.4 Å². The number of carbonyl (C=O) groups is 1. The van der Waals surface area contributed by atoms with Crippen LogP contribution in [0.25, 0.3) is 0 Å². The van der Waals surface area contributed by atoms with Gasteiger partial charge in [0, 0.05) is 36.3 Å². The molecule has 8 nitrogen and oxygen atoms in total. The summed E-state index contributed by atoms with van der Waals surface area (Å²) in [6, 6.07) is 24.6. The summed E-state index contributed by atoms with van der Waals surface area (Å²) in [5, 5.41) is 26.1. The fraction of sp³-hybridized carbons (Fsp3) is 0.406. The third kappa shape index (κ3) is 7.27. The first kappa shape index (κ1) is 29.7. The van der Waals surface area contributed by atoms with Gasteiger partial charge in [-0.25, -0.2) is 4.79 Å². The highest BCUT2D eigenvalue weighted by molar-refractivity contribution is 5.89. The summed E-state index contributed by atoms with van der Waals surface area (Å²) in [5.74, 6) is 0.0124. The highest BCUT2D eigenvalue weighted by atomic mass is 16.7. The topological polar surface area (TPSA) is 103 Å². The molecule has 0 spiro atoms. The number of aliphatic hydroxyl groups excluding tert-OH is 2. The highest BCUT2D eigenvalue weighted by Crippen LogP contribution is 2.42. The van der Waals surface area contributed by atoms with Gasteiger partial charge in [0.25, 0.3) is 0 Å². The number of nitrogens with one attached hydrogen (secondary N) is 2. The molecule has 0 unspecified atom stereocenters. The van der Waals surface area contributed by atoms with Crippen LogP contribution < -0.4 is 10.6 Å². The van der Waals surface area contributed by atoms with Crippen molar-refractivity contribution >= 4 is 11.7 Å². The number of nitrogens with zero attached hydrogens (tertiary/aromatic N) is 1. The van der Waals surface area contributed by atoms with Gasteiger partial charge < -0.3 is 30.3 Å².